The number of rotatable bonds is 7. The third-order valence-corrected chi connectivity index (χ3v) is 5.53. The summed E-state index contributed by atoms with van der Waals surface area (Å²) in [5.41, 5.74) is 2.40. The van der Waals surface area contributed by atoms with Crippen LogP contribution in [-0.4, -0.2) is 49.2 Å². The summed E-state index contributed by atoms with van der Waals surface area (Å²) in [5.74, 6) is -0.0699. The van der Waals surface area contributed by atoms with E-state index in [0.717, 1.165) is 0 Å². The van der Waals surface area contributed by atoms with E-state index >= 15 is 0 Å². The molecule has 0 spiro atoms. The molecule has 8 nitrogen and oxygen atoms in total. The molecule has 0 fully saturated rings. The van der Waals surface area contributed by atoms with Crippen molar-refractivity contribution in [3.63, 3.8) is 0 Å². The Labute approximate surface area is 186 Å². The van der Waals surface area contributed by atoms with E-state index in [-0.39, 0.29) is 11.8 Å². The summed E-state index contributed by atoms with van der Waals surface area (Å²) in [6, 6.07) is 15.4. The van der Waals surface area contributed by atoms with Gasteiger partial charge in [-0.3, -0.25) is 9.59 Å². The number of anilines is 1. The number of carbonyl (C=O) groups is 2. The highest BCUT2D eigenvalue weighted by atomic mass is 16.5. The number of nitrogens with one attached hydrogen (secondary N) is 1. The first-order valence-electron chi connectivity index (χ1n) is 10.3. The highest BCUT2D eigenvalue weighted by Gasteiger charge is 2.45. The Hall–Kier alpha value is -3.65. The van der Waals surface area contributed by atoms with E-state index in [9.17, 15) is 9.59 Å². The van der Waals surface area contributed by atoms with E-state index in [1.54, 1.807) is 68.5 Å². The Kier molecular flexibility index (Phi) is 6.23. The Morgan fingerprint density at radius 2 is 1.97 bits per heavy atom. The monoisotopic (exact) mass is 435 g/mol. The molecule has 2 heterocycles. The first-order valence-corrected chi connectivity index (χ1v) is 10.3. The SMILES string of the molecule is COCCN1C(=O)c2ccccc2C(C(=O)Nc2cccc(OC)c2)C1c1cc(C)no1. The number of aryl methyl sites for hydroxylation is 1. The second kappa shape index (κ2) is 9.23. The number of ether oxygens (including phenoxy) is 2. The van der Waals surface area contributed by atoms with E-state index in [4.69, 9.17) is 14.0 Å². The van der Waals surface area contributed by atoms with Crippen LogP contribution < -0.4 is 10.1 Å². The number of methoxy groups -OCH3 is 2. The third-order valence-electron chi connectivity index (χ3n) is 5.53. The fraction of sp³-hybridized carbons (Fsp3) is 0.292. The van der Waals surface area contributed by atoms with Gasteiger partial charge in [0, 0.05) is 37.0 Å². The molecule has 0 saturated carbocycles. The Bertz CT molecular complexity index is 1130. The standard InChI is InChI=1S/C24H25N3O5/c1-15-13-20(32-26-15)22-21(23(28)25-16-7-6-8-17(14-16)31-3)18-9-4-5-10-19(18)24(29)27(22)11-12-30-2/h4-10,13-14,21-22H,11-12H2,1-3H3,(H,25,28). The summed E-state index contributed by atoms with van der Waals surface area (Å²) in [7, 11) is 3.14. The Morgan fingerprint density at radius 1 is 1.16 bits per heavy atom. The summed E-state index contributed by atoms with van der Waals surface area (Å²) in [4.78, 5) is 28.7. The zero-order chi connectivity index (χ0) is 22.7. The van der Waals surface area contributed by atoms with Gasteiger partial charge in [0.15, 0.2) is 5.76 Å². The molecule has 3 aromatic rings. The highest BCUT2D eigenvalue weighted by Crippen LogP contribution is 2.43. The van der Waals surface area contributed by atoms with Crippen LogP contribution in [0, 0.1) is 6.92 Å². The molecule has 2 unspecified atom stereocenters. The molecule has 0 saturated heterocycles. The zero-order valence-corrected chi connectivity index (χ0v) is 18.2. The molecule has 2 aromatic carbocycles. The van der Waals surface area contributed by atoms with Gasteiger partial charge in [0.25, 0.3) is 5.91 Å². The largest absolute Gasteiger partial charge is 0.497 e. The van der Waals surface area contributed by atoms with Crippen LogP contribution in [-0.2, 0) is 9.53 Å². The second-order valence-electron chi connectivity index (χ2n) is 7.59. The van der Waals surface area contributed by atoms with Gasteiger partial charge in [-0.05, 0) is 30.7 Å². The maximum atomic E-state index is 13.7. The predicted octanol–water partition coefficient (Wildman–Crippen LogP) is 3.56. The van der Waals surface area contributed by atoms with Crippen LogP contribution in [0.25, 0.3) is 0 Å². The summed E-state index contributed by atoms with van der Waals surface area (Å²) in [6.07, 6.45) is 0. The molecule has 32 heavy (non-hydrogen) atoms. The van der Waals surface area contributed by atoms with Gasteiger partial charge in [0.2, 0.25) is 5.91 Å². The van der Waals surface area contributed by atoms with Crippen molar-refractivity contribution in [2.45, 2.75) is 18.9 Å². The van der Waals surface area contributed by atoms with Crippen LogP contribution in [0.15, 0.2) is 59.1 Å². The normalized spacial score (nSPS) is 17.7. The molecule has 0 bridgehead atoms. The van der Waals surface area contributed by atoms with Crippen LogP contribution in [0.5, 0.6) is 5.75 Å². The fourth-order valence-corrected chi connectivity index (χ4v) is 4.07. The molecule has 4 rings (SSSR count). The predicted molar refractivity (Wildman–Crippen MR) is 118 cm³/mol. The molecule has 1 aliphatic heterocycles. The molecule has 2 atom stereocenters. The van der Waals surface area contributed by atoms with Gasteiger partial charge in [0.1, 0.15) is 11.8 Å². The molecular formula is C24H25N3O5. The summed E-state index contributed by atoms with van der Waals surface area (Å²) >= 11 is 0. The van der Waals surface area contributed by atoms with Crippen LogP contribution in [0.4, 0.5) is 5.69 Å². The van der Waals surface area contributed by atoms with E-state index in [0.29, 0.717) is 47.2 Å². The van der Waals surface area contributed by atoms with Gasteiger partial charge in [0.05, 0.1) is 25.3 Å². The number of fused-ring (bicyclic) bond motifs is 1. The van der Waals surface area contributed by atoms with Crippen molar-refractivity contribution in [3.05, 3.63) is 77.2 Å². The smallest absolute Gasteiger partial charge is 0.254 e. The average Bonchev–Trinajstić information content (AvgIpc) is 3.24. The molecule has 1 aliphatic rings. The lowest BCUT2D eigenvalue weighted by Crippen LogP contribution is -2.47. The number of nitrogens with zero attached hydrogens (tertiary/aromatic N) is 2. The summed E-state index contributed by atoms with van der Waals surface area (Å²) < 4.78 is 16.1. The molecule has 0 radical (unpaired) electrons. The van der Waals surface area contributed by atoms with Gasteiger partial charge in [-0.15, -0.1) is 0 Å². The number of hydrogen-bond donors (Lipinski definition) is 1. The van der Waals surface area contributed by atoms with Gasteiger partial charge in [-0.25, -0.2) is 0 Å². The van der Waals surface area contributed by atoms with Crippen molar-refractivity contribution < 1.29 is 23.6 Å². The van der Waals surface area contributed by atoms with Crippen molar-refractivity contribution >= 4 is 17.5 Å². The summed E-state index contributed by atoms with van der Waals surface area (Å²) in [5, 5.41) is 6.97. The van der Waals surface area contributed by atoms with E-state index < -0.39 is 12.0 Å². The van der Waals surface area contributed by atoms with Crippen molar-refractivity contribution in [1.82, 2.24) is 10.1 Å². The Balaban J connectivity index is 1.80. The quantitative estimate of drug-likeness (QED) is 0.610. The molecule has 166 valence electrons. The molecule has 8 heteroatoms. The van der Waals surface area contributed by atoms with E-state index in [1.165, 1.54) is 0 Å². The number of carbonyl (C=O) groups excluding carboxylic acids is 2. The first-order chi connectivity index (χ1) is 15.5. The lowest BCUT2D eigenvalue weighted by Gasteiger charge is -2.40. The van der Waals surface area contributed by atoms with Crippen molar-refractivity contribution in [2.24, 2.45) is 0 Å². The third kappa shape index (κ3) is 4.09. The number of aromatic nitrogens is 1. The highest BCUT2D eigenvalue weighted by molar-refractivity contribution is 6.04. The van der Waals surface area contributed by atoms with E-state index in [1.807, 2.05) is 12.1 Å². The number of amides is 2. The molecule has 2 amide bonds. The van der Waals surface area contributed by atoms with Gasteiger partial charge < -0.3 is 24.2 Å². The number of benzene rings is 2. The van der Waals surface area contributed by atoms with Crippen molar-refractivity contribution in [2.75, 3.05) is 32.7 Å². The lowest BCUT2D eigenvalue weighted by molar-refractivity contribution is -0.119. The van der Waals surface area contributed by atoms with E-state index in [2.05, 4.69) is 10.5 Å². The van der Waals surface area contributed by atoms with Crippen molar-refractivity contribution in [3.8, 4) is 5.75 Å². The van der Waals surface area contributed by atoms with Gasteiger partial charge >= 0.3 is 0 Å². The minimum absolute atomic E-state index is 0.179. The molecule has 0 aliphatic carbocycles. The molecule has 1 aromatic heterocycles. The van der Waals surface area contributed by atoms with Crippen molar-refractivity contribution in [1.29, 1.82) is 0 Å². The fourth-order valence-electron chi connectivity index (χ4n) is 4.07. The first kappa shape index (κ1) is 21.6. The van der Waals surface area contributed by atoms with Crippen LogP contribution >= 0.6 is 0 Å². The van der Waals surface area contributed by atoms with Crippen LogP contribution in [0.1, 0.15) is 39.3 Å². The molecule has 1 N–H and O–H groups in total. The Morgan fingerprint density at radius 3 is 2.69 bits per heavy atom. The maximum Gasteiger partial charge on any atom is 0.254 e. The van der Waals surface area contributed by atoms with Crippen LogP contribution in [0.3, 0.4) is 0 Å². The second-order valence-corrected chi connectivity index (χ2v) is 7.59. The molecular weight excluding hydrogens is 410 g/mol. The maximum absolute atomic E-state index is 13.7. The average molecular weight is 435 g/mol. The van der Waals surface area contributed by atoms with Gasteiger partial charge in [-0.1, -0.05) is 29.4 Å². The van der Waals surface area contributed by atoms with Crippen LogP contribution in [0.2, 0.25) is 0 Å². The minimum Gasteiger partial charge on any atom is -0.497 e. The topological polar surface area (TPSA) is 93.9 Å². The zero-order valence-electron chi connectivity index (χ0n) is 18.2. The number of hydrogen-bond acceptors (Lipinski definition) is 6. The van der Waals surface area contributed by atoms with Gasteiger partial charge in [-0.2, -0.15) is 0 Å². The minimum atomic E-state index is -0.709. The summed E-state index contributed by atoms with van der Waals surface area (Å²) in [6.45, 7) is 2.43. The lowest BCUT2D eigenvalue weighted by atomic mass is 9.81.